The van der Waals surface area contributed by atoms with Crippen molar-refractivity contribution in [2.24, 2.45) is 5.92 Å². The fourth-order valence-electron chi connectivity index (χ4n) is 3.57. The Hall–Kier alpha value is -0.450. The second kappa shape index (κ2) is 5.90. The molecule has 0 aromatic carbocycles. The van der Waals surface area contributed by atoms with E-state index in [-0.39, 0.29) is 0 Å². The number of hydrogen-bond donors (Lipinski definition) is 2. The van der Waals surface area contributed by atoms with Crippen molar-refractivity contribution in [1.82, 2.24) is 15.6 Å². The van der Waals surface area contributed by atoms with Gasteiger partial charge in [0.2, 0.25) is 0 Å². The van der Waals surface area contributed by atoms with Gasteiger partial charge < -0.3 is 10.6 Å². The zero-order chi connectivity index (χ0) is 13.2. The normalized spacial score (nSPS) is 31.6. The Morgan fingerprint density at radius 2 is 2.16 bits per heavy atom. The van der Waals surface area contributed by atoms with Gasteiger partial charge in [0.1, 0.15) is 5.01 Å². The van der Waals surface area contributed by atoms with E-state index >= 15 is 0 Å². The lowest BCUT2D eigenvalue weighted by atomic mass is 9.90. The molecule has 19 heavy (non-hydrogen) atoms. The SMILES string of the molecule is Cc1cnc(C(C)NCCC2CC3CCC(C2)N3)s1. The smallest absolute Gasteiger partial charge is 0.109 e. The van der Waals surface area contributed by atoms with Gasteiger partial charge >= 0.3 is 0 Å². The molecule has 3 atom stereocenters. The van der Waals surface area contributed by atoms with Crippen LogP contribution in [0.2, 0.25) is 0 Å². The van der Waals surface area contributed by atoms with Crippen LogP contribution in [0.5, 0.6) is 0 Å². The maximum atomic E-state index is 4.46. The quantitative estimate of drug-likeness (QED) is 0.870. The lowest BCUT2D eigenvalue weighted by molar-refractivity contribution is 0.281. The van der Waals surface area contributed by atoms with Gasteiger partial charge in [-0.3, -0.25) is 0 Å². The number of hydrogen-bond acceptors (Lipinski definition) is 4. The number of nitrogens with one attached hydrogen (secondary N) is 2. The number of rotatable bonds is 5. The molecule has 2 bridgehead atoms. The van der Waals surface area contributed by atoms with Crippen molar-refractivity contribution in [2.75, 3.05) is 6.54 Å². The highest BCUT2D eigenvalue weighted by atomic mass is 32.1. The summed E-state index contributed by atoms with van der Waals surface area (Å²) in [6.07, 6.45) is 8.89. The molecule has 3 nitrogen and oxygen atoms in total. The van der Waals surface area contributed by atoms with E-state index in [0.717, 1.165) is 24.5 Å². The van der Waals surface area contributed by atoms with E-state index < -0.39 is 0 Å². The first-order chi connectivity index (χ1) is 9.20. The minimum Gasteiger partial charge on any atom is -0.311 e. The second-order valence-corrected chi connectivity index (χ2v) is 7.52. The first-order valence-corrected chi connectivity index (χ1v) is 8.44. The van der Waals surface area contributed by atoms with Gasteiger partial charge in [-0.15, -0.1) is 11.3 Å². The van der Waals surface area contributed by atoms with Gasteiger partial charge in [-0.2, -0.15) is 0 Å². The van der Waals surface area contributed by atoms with Crippen molar-refractivity contribution in [1.29, 1.82) is 0 Å². The highest BCUT2D eigenvalue weighted by molar-refractivity contribution is 7.11. The molecule has 2 N–H and O–H groups in total. The predicted octanol–water partition coefficient (Wildman–Crippen LogP) is 3.02. The number of aromatic nitrogens is 1. The molecule has 1 aromatic heterocycles. The molecular weight excluding hydrogens is 254 g/mol. The Morgan fingerprint density at radius 3 is 2.79 bits per heavy atom. The maximum absolute atomic E-state index is 4.46. The van der Waals surface area contributed by atoms with Gasteiger partial charge in [0, 0.05) is 23.2 Å². The minimum atomic E-state index is 0.400. The lowest BCUT2D eigenvalue weighted by Crippen LogP contribution is -2.38. The third-order valence-corrected chi connectivity index (χ3v) is 5.68. The summed E-state index contributed by atoms with van der Waals surface area (Å²) in [5, 5.41) is 8.58. The molecule has 0 spiro atoms. The van der Waals surface area contributed by atoms with E-state index in [2.05, 4.69) is 29.5 Å². The summed E-state index contributed by atoms with van der Waals surface area (Å²) in [5.41, 5.74) is 0. The predicted molar refractivity (Wildman–Crippen MR) is 80.6 cm³/mol. The molecule has 3 rings (SSSR count). The molecule has 0 amide bonds. The molecule has 2 saturated heterocycles. The van der Waals surface area contributed by atoms with Crippen LogP contribution < -0.4 is 10.6 Å². The standard InChI is InChI=1S/C15H25N3S/c1-10-9-17-15(19-10)11(2)16-6-5-12-7-13-3-4-14(8-12)18-13/h9,11-14,16,18H,3-8H2,1-2H3. The van der Waals surface area contributed by atoms with Crippen molar-refractivity contribution in [3.63, 3.8) is 0 Å². The molecule has 3 heterocycles. The Morgan fingerprint density at radius 1 is 1.42 bits per heavy atom. The van der Waals surface area contributed by atoms with E-state index in [1.807, 2.05) is 17.5 Å². The van der Waals surface area contributed by atoms with Gasteiger partial charge in [-0.05, 0) is 58.4 Å². The summed E-state index contributed by atoms with van der Waals surface area (Å²) in [5.74, 6) is 0.927. The topological polar surface area (TPSA) is 37.0 Å². The van der Waals surface area contributed by atoms with Crippen LogP contribution in [0.15, 0.2) is 6.20 Å². The summed E-state index contributed by atoms with van der Waals surface area (Å²) >= 11 is 1.81. The van der Waals surface area contributed by atoms with Gasteiger partial charge in [0.25, 0.3) is 0 Å². The Bertz CT molecular complexity index is 405. The first kappa shape index (κ1) is 13.5. The van der Waals surface area contributed by atoms with Gasteiger partial charge in [0.15, 0.2) is 0 Å². The summed E-state index contributed by atoms with van der Waals surface area (Å²) < 4.78 is 0. The van der Waals surface area contributed by atoms with E-state index in [9.17, 15) is 0 Å². The Balaban J connectivity index is 1.41. The summed E-state index contributed by atoms with van der Waals surface area (Å²) in [6.45, 7) is 5.48. The summed E-state index contributed by atoms with van der Waals surface area (Å²) in [4.78, 5) is 5.77. The average molecular weight is 279 g/mol. The van der Waals surface area contributed by atoms with E-state index in [0.29, 0.717) is 6.04 Å². The third-order valence-electron chi connectivity index (χ3n) is 4.58. The lowest BCUT2D eigenvalue weighted by Gasteiger charge is -2.29. The number of thiazole rings is 1. The minimum absolute atomic E-state index is 0.400. The van der Waals surface area contributed by atoms with Crippen LogP contribution >= 0.6 is 11.3 Å². The first-order valence-electron chi connectivity index (χ1n) is 7.62. The highest BCUT2D eigenvalue weighted by Crippen LogP contribution is 2.32. The Labute approximate surface area is 120 Å². The average Bonchev–Trinajstić information content (AvgIpc) is 2.96. The number of aryl methyl sites for hydroxylation is 1. The van der Waals surface area contributed by atoms with Crippen LogP contribution in [-0.2, 0) is 0 Å². The molecule has 2 fully saturated rings. The molecule has 1 aromatic rings. The largest absolute Gasteiger partial charge is 0.311 e. The van der Waals surface area contributed by atoms with Crippen LogP contribution in [0, 0.1) is 12.8 Å². The zero-order valence-corrected chi connectivity index (χ0v) is 12.8. The van der Waals surface area contributed by atoms with Crippen molar-refractivity contribution in [2.45, 2.75) is 64.1 Å². The van der Waals surface area contributed by atoms with E-state index in [1.165, 1.54) is 42.0 Å². The zero-order valence-electron chi connectivity index (χ0n) is 12.0. The summed E-state index contributed by atoms with van der Waals surface area (Å²) in [7, 11) is 0. The van der Waals surface area contributed by atoms with Crippen LogP contribution in [0.4, 0.5) is 0 Å². The van der Waals surface area contributed by atoms with Crippen molar-refractivity contribution in [3.8, 4) is 0 Å². The van der Waals surface area contributed by atoms with Gasteiger partial charge in [0.05, 0.1) is 6.04 Å². The van der Waals surface area contributed by atoms with Gasteiger partial charge in [-0.25, -0.2) is 4.98 Å². The Kier molecular flexibility index (Phi) is 4.20. The number of fused-ring (bicyclic) bond motifs is 2. The molecule has 4 heteroatoms. The molecule has 2 aliphatic rings. The van der Waals surface area contributed by atoms with Crippen molar-refractivity contribution >= 4 is 11.3 Å². The molecule has 0 radical (unpaired) electrons. The van der Waals surface area contributed by atoms with E-state index in [4.69, 9.17) is 0 Å². The van der Waals surface area contributed by atoms with E-state index in [1.54, 1.807) is 0 Å². The van der Waals surface area contributed by atoms with Crippen molar-refractivity contribution in [3.05, 3.63) is 16.1 Å². The number of nitrogens with zero attached hydrogens (tertiary/aromatic N) is 1. The molecular formula is C15H25N3S. The fraction of sp³-hybridized carbons (Fsp3) is 0.800. The fourth-order valence-corrected chi connectivity index (χ4v) is 4.38. The van der Waals surface area contributed by atoms with Crippen molar-refractivity contribution < 1.29 is 0 Å². The maximum Gasteiger partial charge on any atom is 0.109 e. The van der Waals surface area contributed by atoms with Crippen LogP contribution in [0.25, 0.3) is 0 Å². The molecule has 0 aliphatic carbocycles. The number of piperidine rings is 1. The van der Waals surface area contributed by atoms with Crippen LogP contribution in [-0.4, -0.2) is 23.6 Å². The second-order valence-electron chi connectivity index (χ2n) is 6.25. The monoisotopic (exact) mass is 279 g/mol. The van der Waals surface area contributed by atoms with Gasteiger partial charge in [-0.1, -0.05) is 0 Å². The molecule has 106 valence electrons. The molecule has 0 saturated carbocycles. The van der Waals surface area contributed by atoms with Crippen LogP contribution in [0.1, 0.15) is 55.0 Å². The molecule has 2 aliphatic heterocycles. The highest BCUT2D eigenvalue weighted by Gasteiger charge is 2.32. The van der Waals surface area contributed by atoms with Crippen LogP contribution in [0.3, 0.4) is 0 Å². The third kappa shape index (κ3) is 3.36. The summed E-state index contributed by atoms with van der Waals surface area (Å²) in [6, 6.07) is 2.04. The molecule has 3 unspecified atom stereocenters.